The van der Waals surface area contributed by atoms with Crippen molar-refractivity contribution in [2.45, 2.75) is 59.0 Å². The summed E-state index contributed by atoms with van der Waals surface area (Å²) in [5, 5.41) is 4.10. The Kier molecular flexibility index (Phi) is 8.74. The van der Waals surface area contributed by atoms with Crippen LogP contribution in [0.15, 0.2) is 6.20 Å². The molecule has 0 unspecified atom stereocenters. The average molecular weight is 296 g/mol. The first-order valence-electron chi connectivity index (χ1n) is 7.96. The second-order valence-electron chi connectivity index (χ2n) is 5.17. The molecule has 0 bridgehead atoms. The molecular weight excluding hydrogens is 268 g/mol. The van der Waals surface area contributed by atoms with Crippen molar-refractivity contribution in [3.8, 4) is 0 Å². The van der Waals surface area contributed by atoms with Crippen molar-refractivity contribution in [1.82, 2.24) is 9.78 Å². The van der Waals surface area contributed by atoms with Crippen LogP contribution in [0.1, 0.15) is 68.4 Å². The van der Waals surface area contributed by atoms with Gasteiger partial charge in [0.1, 0.15) is 5.56 Å². The monoisotopic (exact) mass is 296 g/mol. The van der Waals surface area contributed by atoms with E-state index in [1.54, 1.807) is 17.8 Å². The van der Waals surface area contributed by atoms with Crippen LogP contribution >= 0.6 is 0 Å². The van der Waals surface area contributed by atoms with Crippen molar-refractivity contribution in [3.05, 3.63) is 17.5 Å². The number of esters is 1. The third-order valence-corrected chi connectivity index (χ3v) is 3.44. The Morgan fingerprint density at radius 3 is 2.62 bits per heavy atom. The molecule has 1 heterocycles. The third kappa shape index (κ3) is 6.29. The van der Waals surface area contributed by atoms with Crippen LogP contribution in [0.25, 0.3) is 0 Å². The van der Waals surface area contributed by atoms with Crippen LogP contribution in [0, 0.1) is 0 Å². The molecule has 0 aromatic carbocycles. The zero-order valence-corrected chi connectivity index (χ0v) is 13.6. The number of hydrogen-bond donors (Lipinski definition) is 0. The van der Waals surface area contributed by atoms with Gasteiger partial charge in [0.15, 0.2) is 0 Å². The van der Waals surface area contributed by atoms with Crippen molar-refractivity contribution in [3.63, 3.8) is 0 Å². The fourth-order valence-corrected chi connectivity index (χ4v) is 2.17. The zero-order valence-electron chi connectivity index (χ0n) is 13.6. The van der Waals surface area contributed by atoms with Crippen LogP contribution in [-0.4, -0.2) is 29.0 Å². The van der Waals surface area contributed by atoms with Crippen molar-refractivity contribution in [1.29, 1.82) is 0 Å². The van der Waals surface area contributed by atoms with Gasteiger partial charge in [-0.2, -0.15) is 5.10 Å². The topological polar surface area (TPSA) is 53.4 Å². The molecule has 1 aromatic heterocycles. The van der Waals surface area contributed by atoms with E-state index in [9.17, 15) is 4.79 Å². The smallest absolute Gasteiger partial charge is 0.341 e. The first-order chi connectivity index (χ1) is 10.2. The van der Waals surface area contributed by atoms with Crippen molar-refractivity contribution < 1.29 is 14.3 Å². The Morgan fingerprint density at radius 2 is 1.90 bits per heavy atom. The van der Waals surface area contributed by atoms with E-state index in [1.165, 1.54) is 32.1 Å². The molecule has 0 atom stereocenters. The quantitative estimate of drug-likeness (QED) is 0.463. The molecule has 120 valence electrons. The summed E-state index contributed by atoms with van der Waals surface area (Å²) >= 11 is 0. The van der Waals surface area contributed by atoms with Gasteiger partial charge in [0.25, 0.3) is 0 Å². The molecule has 0 radical (unpaired) electrons. The van der Waals surface area contributed by atoms with Gasteiger partial charge in [-0.1, -0.05) is 39.0 Å². The van der Waals surface area contributed by atoms with Gasteiger partial charge in [0.2, 0.25) is 0 Å². The highest BCUT2D eigenvalue weighted by molar-refractivity contribution is 5.90. The Balaban J connectivity index is 2.28. The number of carbonyl (C=O) groups is 1. The van der Waals surface area contributed by atoms with Crippen LogP contribution in [0.4, 0.5) is 0 Å². The van der Waals surface area contributed by atoms with Gasteiger partial charge in [0.05, 0.1) is 25.1 Å². The Morgan fingerprint density at radius 1 is 1.19 bits per heavy atom. The molecule has 1 aromatic rings. The Bertz CT molecular complexity index is 416. The second kappa shape index (κ2) is 10.4. The summed E-state index contributed by atoms with van der Waals surface area (Å²) in [6.07, 6.45) is 8.99. The first kappa shape index (κ1) is 17.7. The van der Waals surface area contributed by atoms with Crippen LogP contribution in [0.5, 0.6) is 0 Å². The van der Waals surface area contributed by atoms with Crippen molar-refractivity contribution in [2.75, 3.05) is 13.2 Å². The lowest BCUT2D eigenvalue weighted by atomic mass is 10.1. The number of unbranched alkanes of at least 4 members (excludes halogenated alkanes) is 5. The molecule has 0 amide bonds. The van der Waals surface area contributed by atoms with Crippen molar-refractivity contribution >= 4 is 5.97 Å². The Labute approximate surface area is 127 Å². The number of ether oxygens (including phenoxy) is 2. The number of aromatic nitrogens is 2. The average Bonchev–Trinajstić information content (AvgIpc) is 2.83. The fraction of sp³-hybridized carbons (Fsp3) is 0.750. The highest BCUT2D eigenvalue weighted by atomic mass is 16.5. The number of hydrogen-bond acceptors (Lipinski definition) is 4. The molecule has 5 heteroatoms. The normalized spacial score (nSPS) is 10.8. The SMILES string of the molecule is CCCCCCCCOCc1c(C(=O)OCC)cnn1C. The third-order valence-electron chi connectivity index (χ3n) is 3.44. The summed E-state index contributed by atoms with van der Waals surface area (Å²) in [5.74, 6) is -0.330. The molecular formula is C16H28N2O3. The first-order valence-corrected chi connectivity index (χ1v) is 7.96. The highest BCUT2D eigenvalue weighted by Crippen LogP contribution is 2.11. The van der Waals surface area contributed by atoms with Crippen molar-refractivity contribution in [2.24, 2.45) is 7.05 Å². The Hall–Kier alpha value is -1.36. The van der Waals surface area contributed by atoms with E-state index in [-0.39, 0.29) is 5.97 Å². The molecule has 1 rings (SSSR count). The van der Waals surface area contributed by atoms with Gasteiger partial charge < -0.3 is 9.47 Å². The summed E-state index contributed by atoms with van der Waals surface area (Å²) in [7, 11) is 1.81. The fourth-order valence-electron chi connectivity index (χ4n) is 2.17. The van der Waals surface area contributed by atoms with Gasteiger partial charge in [-0.05, 0) is 13.3 Å². The number of rotatable bonds is 11. The second-order valence-corrected chi connectivity index (χ2v) is 5.17. The lowest BCUT2D eigenvalue weighted by molar-refractivity contribution is 0.0517. The number of nitrogens with zero attached hydrogens (tertiary/aromatic N) is 2. The van der Waals surface area contributed by atoms with Crippen LogP contribution in [0.2, 0.25) is 0 Å². The van der Waals surface area contributed by atoms with Crippen LogP contribution in [-0.2, 0) is 23.1 Å². The largest absolute Gasteiger partial charge is 0.462 e. The maximum absolute atomic E-state index is 11.8. The molecule has 0 aliphatic carbocycles. The maximum atomic E-state index is 11.8. The molecule has 21 heavy (non-hydrogen) atoms. The molecule has 0 aliphatic rings. The van der Waals surface area contributed by atoms with Gasteiger partial charge in [-0.25, -0.2) is 4.79 Å². The summed E-state index contributed by atoms with van der Waals surface area (Å²) in [6.45, 7) is 5.51. The summed E-state index contributed by atoms with van der Waals surface area (Å²) in [6, 6.07) is 0. The molecule has 0 saturated carbocycles. The van der Waals surface area contributed by atoms with Gasteiger partial charge in [0, 0.05) is 13.7 Å². The predicted octanol–water partition coefficient (Wildman–Crippen LogP) is 3.47. The van der Waals surface area contributed by atoms with Crippen LogP contribution in [0.3, 0.4) is 0 Å². The minimum atomic E-state index is -0.330. The lowest BCUT2D eigenvalue weighted by Gasteiger charge is -2.07. The van der Waals surface area contributed by atoms with E-state index in [0.29, 0.717) is 18.8 Å². The highest BCUT2D eigenvalue weighted by Gasteiger charge is 2.16. The standard InChI is InChI=1S/C16H28N2O3/c1-4-6-7-8-9-10-11-20-13-15-14(12-17-18(15)3)16(19)21-5-2/h12H,4-11,13H2,1-3H3. The van der Waals surface area contributed by atoms with Gasteiger partial charge in [-0.15, -0.1) is 0 Å². The molecule has 0 spiro atoms. The minimum absolute atomic E-state index is 0.330. The van der Waals surface area contributed by atoms with Crippen LogP contribution < -0.4 is 0 Å². The molecule has 0 fully saturated rings. The van der Waals surface area contributed by atoms with Gasteiger partial charge in [-0.3, -0.25) is 4.68 Å². The molecule has 5 nitrogen and oxygen atoms in total. The van der Waals surface area contributed by atoms with E-state index < -0.39 is 0 Å². The van der Waals surface area contributed by atoms with Gasteiger partial charge >= 0.3 is 5.97 Å². The molecule has 0 N–H and O–H groups in total. The minimum Gasteiger partial charge on any atom is -0.462 e. The summed E-state index contributed by atoms with van der Waals surface area (Å²) in [4.78, 5) is 11.8. The zero-order chi connectivity index (χ0) is 15.5. The summed E-state index contributed by atoms with van der Waals surface area (Å²) in [5.41, 5.74) is 1.28. The van der Waals surface area contributed by atoms with E-state index in [0.717, 1.165) is 18.7 Å². The van der Waals surface area contributed by atoms with E-state index in [4.69, 9.17) is 9.47 Å². The number of aryl methyl sites for hydroxylation is 1. The van der Waals surface area contributed by atoms with E-state index >= 15 is 0 Å². The maximum Gasteiger partial charge on any atom is 0.341 e. The van der Waals surface area contributed by atoms with E-state index in [2.05, 4.69) is 12.0 Å². The summed E-state index contributed by atoms with van der Waals surface area (Å²) < 4.78 is 12.4. The predicted molar refractivity (Wildman–Crippen MR) is 82.2 cm³/mol. The molecule has 0 saturated heterocycles. The molecule has 0 aliphatic heterocycles. The number of carbonyl (C=O) groups excluding carboxylic acids is 1. The van der Waals surface area contributed by atoms with E-state index in [1.807, 2.05) is 7.05 Å². The lowest BCUT2D eigenvalue weighted by Crippen LogP contribution is -2.10.